The average Bonchev–Trinajstić information content (AvgIpc) is 2.49. The van der Waals surface area contributed by atoms with E-state index in [1.165, 1.54) is 0 Å². The minimum absolute atomic E-state index is 0.372. The smallest absolute Gasteiger partial charge is 0.144 e. The Morgan fingerprint density at radius 2 is 2.00 bits per heavy atom. The van der Waals surface area contributed by atoms with E-state index in [1.54, 1.807) is 12.4 Å². The zero-order valence-electron chi connectivity index (χ0n) is 11.3. The van der Waals surface area contributed by atoms with Gasteiger partial charge in [0.15, 0.2) is 0 Å². The first-order valence-corrected chi connectivity index (χ1v) is 6.45. The molecule has 0 radical (unpaired) electrons. The second kappa shape index (κ2) is 7.10. The van der Waals surface area contributed by atoms with Crippen LogP contribution in [0.4, 0.5) is 5.82 Å². The number of rotatable bonds is 6. The molecular formula is C15H16N4O. The van der Waals surface area contributed by atoms with Crippen LogP contribution in [-0.4, -0.2) is 16.5 Å². The Balaban J connectivity index is 1.89. The zero-order valence-corrected chi connectivity index (χ0v) is 11.3. The number of nitrogens with zero attached hydrogens (tertiary/aromatic N) is 3. The monoisotopic (exact) mass is 268 g/mol. The summed E-state index contributed by atoms with van der Waals surface area (Å²) in [5.74, 6) is 1.52. The summed E-state index contributed by atoms with van der Waals surface area (Å²) in [7, 11) is 0. The Morgan fingerprint density at radius 1 is 1.20 bits per heavy atom. The summed E-state index contributed by atoms with van der Waals surface area (Å²) in [5.41, 5.74) is 1.75. The van der Waals surface area contributed by atoms with Crippen molar-refractivity contribution in [3.05, 3.63) is 47.9 Å². The Bertz CT molecular complexity index is 572. The minimum Gasteiger partial charge on any atom is -0.487 e. The second-order valence-electron chi connectivity index (χ2n) is 4.19. The lowest BCUT2D eigenvalue weighted by Crippen LogP contribution is -2.03. The molecule has 5 heteroatoms. The molecule has 102 valence electrons. The van der Waals surface area contributed by atoms with Gasteiger partial charge in [-0.2, -0.15) is 5.26 Å². The van der Waals surface area contributed by atoms with Crippen molar-refractivity contribution in [2.24, 2.45) is 0 Å². The molecule has 2 rings (SSSR count). The predicted octanol–water partition coefficient (Wildman–Crippen LogP) is 2.55. The van der Waals surface area contributed by atoms with Gasteiger partial charge in [-0.1, -0.05) is 12.1 Å². The van der Waals surface area contributed by atoms with Gasteiger partial charge in [0.2, 0.25) is 0 Å². The summed E-state index contributed by atoms with van der Waals surface area (Å²) < 4.78 is 5.62. The highest BCUT2D eigenvalue weighted by Gasteiger charge is 1.99. The fourth-order valence-corrected chi connectivity index (χ4v) is 1.65. The number of aromatic nitrogens is 2. The third kappa shape index (κ3) is 3.95. The Morgan fingerprint density at radius 3 is 2.60 bits per heavy atom. The van der Waals surface area contributed by atoms with Crippen molar-refractivity contribution < 1.29 is 4.74 Å². The maximum atomic E-state index is 8.60. The van der Waals surface area contributed by atoms with Crippen molar-refractivity contribution in [2.75, 3.05) is 11.9 Å². The van der Waals surface area contributed by atoms with Gasteiger partial charge >= 0.3 is 0 Å². The fourth-order valence-electron chi connectivity index (χ4n) is 1.65. The van der Waals surface area contributed by atoms with Crippen molar-refractivity contribution in [1.82, 2.24) is 9.97 Å². The van der Waals surface area contributed by atoms with Crippen molar-refractivity contribution in [2.45, 2.75) is 20.0 Å². The number of nitrogens with one attached hydrogen (secondary N) is 1. The number of ether oxygens (including phenoxy) is 1. The van der Waals surface area contributed by atoms with E-state index in [2.05, 4.69) is 21.4 Å². The van der Waals surface area contributed by atoms with Crippen molar-refractivity contribution in [1.29, 1.82) is 5.26 Å². The number of nitriles is 1. The van der Waals surface area contributed by atoms with Crippen LogP contribution in [0, 0.1) is 11.3 Å². The molecule has 1 aromatic carbocycles. The van der Waals surface area contributed by atoms with Crippen LogP contribution in [0.2, 0.25) is 0 Å². The number of hydrogen-bond donors (Lipinski definition) is 1. The van der Waals surface area contributed by atoms with E-state index in [-0.39, 0.29) is 0 Å². The summed E-state index contributed by atoms with van der Waals surface area (Å²) >= 11 is 0. The summed E-state index contributed by atoms with van der Waals surface area (Å²) in [4.78, 5) is 8.50. The first kappa shape index (κ1) is 13.8. The van der Waals surface area contributed by atoms with Gasteiger partial charge in [0.25, 0.3) is 0 Å². The van der Waals surface area contributed by atoms with Crippen molar-refractivity contribution in [3.8, 4) is 11.8 Å². The molecule has 0 aliphatic heterocycles. The van der Waals surface area contributed by atoms with Crippen LogP contribution in [0.1, 0.15) is 18.2 Å². The standard InChI is InChI=1S/C15H16N4O/c1-2-17-15-10-18-13(9-19-15)11-20-14-5-3-12(4-6-14)7-8-16/h3-6,9-10H,2,7,11H2,1H3,(H,17,19). The van der Waals surface area contributed by atoms with E-state index >= 15 is 0 Å². The van der Waals surface area contributed by atoms with Gasteiger partial charge in [-0.15, -0.1) is 0 Å². The highest BCUT2D eigenvalue weighted by molar-refractivity contribution is 5.31. The van der Waals surface area contributed by atoms with Crippen LogP contribution in [0.25, 0.3) is 0 Å². The first-order valence-electron chi connectivity index (χ1n) is 6.45. The predicted molar refractivity (Wildman–Crippen MR) is 76.3 cm³/mol. The van der Waals surface area contributed by atoms with E-state index < -0.39 is 0 Å². The molecular weight excluding hydrogens is 252 g/mol. The van der Waals surface area contributed by atoms with Gasteiger partial charge in [-0.3, -0.25) is 4.98 Å². The van der Waals surface area contributed by atoms with Crippen LogP contribution in [-0.2, 0) is 13.0 Å². The van der Waals surface area contributed by atoms with Crippen molar-refractivity contribution >= 4 is 5.82 Å². The molecule has 0 aliphatic rings. The van der Waals surface area contributed by atoms with Crippen LogP contribution in [0.3, 0.4) is 0 Å². The minimum atomic E-state index is 0.372. The SMILES string of the molecule is CCNc1cnc(COc2ccc(CC#N)cc2)cn1. The fraction of sp³-hybridized carbons (Fsp3) is 0.267. The molecule has 0 aliphatic carbocycles. The summed E-state index contributed by atoms with van der Waals surface area (Å²) in [6, 6.07) is 9.60. The van der Waals surface area contributed by atoms with Crippen LogP contribution in [0.15, 0.2) is 36.7 Å². The Labute approximate surface area is 118 Å². The molecule has 1 heterocycles. The molecule has 0 saturated heterocycles. The van der Waals surface area contributed by atoms with Gasteiger partial charge in [0.05, 0.1) is 30.6 Å². The molecule has 0 bridgehead atoms. The molecule has 1 N–H and O–H groups in total. The van der Waals surface area contributed by atoms with E-state index in [0.717, 1.165) is 29.4 Å². The van der Waals surface area contributed by atoms with Crippen LogP contribution in [0.5, 0.6) is 5.75 Å². The van der Waals surface area contributed by atoms with Gasteiger partial charge in [0.1, 0.15) is 18.2 Å². The summed E-state index contributed by atoms with van der Waals surface area (Å²) in [5, 5.41) is 11.7. The largest absolute Gasteiger partial charge is 0.487 e. The Kier molecular flexibility index (Phi) is 4.90. The van der Waals surface area contributed by atoms with E-state index in [1.807, 2.05) is 31.2 Å². The molecule has 0 saturated carbocycles. The first-order chi connectivity index (χ1) is 9.81. The molecule has 0 atom stereocenters. The highest BCUT2D eigenvalue weighted by atomic mass is 16.5. The topological polar surface area (TPSA) is 70.8 Å². The van der Waals surface area contributed by atoms with Crippen molar-refractivity contribution in [3.63, 3.8) is 0 Å². The number of anilines is 1. The zero-order chi connectivity index (χ0) is 14.2. The van der Waals surface area contributed by atoms with E-state index in [4.69, 9.17) is 10.00 Å². The third-order valence-electron chi connectivity index (χ3n) is 2.66. The molecule has 1 aromatic heterocycles. The lowest BCUT2D eigenvalue weighted by molar-refractivity contribution is 0.301. The van der Waals surface area contributed by atoms with Gasteiger partial charge in [-0.05, 0) is 24.6 Å². The average molecular weight is 268 g/mol. The normalized spacial score (nSPS) is 9.80. The molecule has 0 unspecified atom stereocenters. The van der Waals surface area contributed by atoms with Gasteiger partial charge in [-0.25, -0.2) is 4.98 Å². The summed E-state index contributed by atoms with van der Waals surface area (Å²) in [6.07, 6.45) is 3.80. The Hall–Kier alpha value is -2.61. The maximum absolute atomic E-state index is 8.60. The van der Waals surface area contributed by atoms with Gasteiger partial charge < -0.3 is 10.1 Å². The highest BCUT2D eigenvalue weighted by Crippen LogP contribution is 2.14. The quantitative estimate of drug-likeness (QED) is 0.871. The summed E-state index contributed by atoms with van der Waals surface area (Å²) in [6.45, 7) is 3.20. The third-order valence-corrected chi connectivity index (χ3v) is 2.66. The number of benzene rings is 1. The lowest BCUT2D eigenvalue weighted by Gasteiger charge is -2.07. The van der Waals surface area contributed by atoms with Crippen LogP contribution >= 0.6 is 0 Å². The molecule has 0 spiro atoms. The van der Waals surface area contributed by atoms with Crippen LogP contribution < -0.4 is 10.1 Å². The second-order valence-corrected chi connectivity index (χ2v) is 4.19. The molecule has 0 fully saturated rings. The maximum Gasteiger partial charge on any atom is 0.144 e. The molecule has 20 heavy (non-hydrogen) atoms. The van der Waals surface area contributed by atoms with Gasteiger partial charge in [0, 0.05) is 6.54 Å². The molecule has 2 aromatic rings. The lowest BCUT2D eigenvalue weighted by atomic mass is 10.2. The molecule has 5 nitrogen and oxygen atoms in total. The van der Waals surface area contributed by atoms with E-state index in [9.17, 15) is 0 Å². The van der Waals surface area contributed by atoms with E-state index in [0.29, 0.717) is 13.0 Å². The molecule has 0 amide bonds. The number of hydrogen-bond acceptors (Lipinski definition) is 5.